The molecule has 1 saturated carbocycles. The minimum absolute atomic E-state index is 0.127. The van der Waals surface area contributed by atoms with Crippen molar-refractivity contribution in [3.05, 3.63) is 28.9 Å². The Morgan fingerprint density at radius 1 is 1.26 bits per heavy atom. The molecule has 4 nitrogen and oxygen atoms in total. The second-order valence-corrected chi connectivity index (χ2v) is 7.19. The van der Waals surface area contributed by atoms with Crippen LogP contribution in [-0.2, 0) is 13.0 Å². The number of halogens is 3. The summed E-state index contributed by atoms with van der Waals surface area (Å²) in [6.07, 6.45) is 0.998. The van der Waals surface area contributed by atoms with Crippen molar-refractivity contribution in [2.45, 2.75) is 64.5 Å². The Morgan fingerprint density at radius 3 is 2.56 bits per heavy atom. The van der Waals surface area contributed by atoms with Gasteiger partial charge in [0.05, 0.1) is 29.6 Å². The maximum atomic E-state index is 13.3. The summed E-state index contributed by atoms with van der Waals surface area (Å²) >= 11 is 6.55. The molecule has 0 spiro atoms. The van der Waals surface area contributed by atoms with E-state index in [1.165, 1.54) is 0 Å². The molecule has 2 aromatic rings. The Morgan fingerprint density at radius 2 is 1.96 bits per heavy atom. The minimum Gasteiger partial charge on any atom is -0.496 e. The molecular formula is C20H25ClF2N2O2. The third-order valence-corrected chi connectivity index (χ3v) is 5.39. The van der Waals surface area contributed by atoms with E-state index in [2.05, 4.69) is 5.10 Å². The van der Waals surface area contributed by atoms with Crippen molar-refractivity contribution in [1.82, 2.24) is 9.78 Å². The van der Waals surface area contributed by atoms with Gasteiger partial charge in [-0.1, -0.05) is 18.5 Å². The van der Waals surface area contributed by atoms with Gasteiger partial charge in [-0.05, 0) is 38.3 Å². The summed E-state index contributed by atoms with van der Waals surface area (Å²) in [6.45, 7) is 4.71. The fourth-order valence-corrected chi connectivity index (χ4v) is 3.84. The van der Waals surface area contributed by atoms with E-state index >= 15 is 0 Å². The lowest BCUT2D eigenvalue weighted by Gasteiger charge is -2.28. The normalized spacial score (nSPS) is 17.1. The number of rotatable bonds is 6. The number of nitrogens with zero attached hydrogens (tertiary/aromatic N) is 2. The summed E-state index contributed by atoms with van der Waals surface area (Å²) in [6, 6.07) is 5.51. The molecule has 0 N–H and O–H groups in total. The first-order valence-corrected chi connectivity index (χ1v) is 9.74. The summed E-state index contributed by atoms with van der Waals surface area (Å²) in [5.41, 5.74) is 2.50. The van der Waals surface area contributed by atoms with Gasteiger partial charge in [-0.15, -0.1) is 0 Å². The van der Waals surface area contributed by atoms with Crippen molar-refractivity contribution in [2.24, 2.45) is 0 Å². The van der Waals surface area contributed by atoms with Crippen LogP contribution in [0.25, 0.3) is 11.3 Å². The van der Waals surface area contributed by atoms with Crippen molar-refractivity contribution in [3.8, 4) is 22.8 Å². The summed E-state index contributed by atoms with van der Waals surface area (Å²) in [5, 5.41) is 5.18. The first-order valence-electron chi connectivity index (χ1n) is 9.36. The highest BCUT2D eigenvalue weighted by molar-refractivity contribution is 6.33. The lowest BCUT2D eigenvalue weighted by atomic mass is 9.94. The van der Waals surface area contributed by atoms with Gasteiger partial charge in [-0.25, -0.2) is 8.78 Å². The monoisotopic (exact) mass is 398 g/mol. The topological polar surface area (TPSA) is 36.3 Å². The van der Waals surface area contributed by atoms with E-state index in [4.69, 9.17) is 21.1 Å². The van der Waals surface area contributed by atoms with Gasteiger partial charge in [0.2, 0.25) is 5.92 Å². The number of aryl methyl sites for hydroxylation is 2. The zero-order valence-electron chi connectivity index (χ0n) is 15.9. The first kappa shape index (κ1) is 19.9. The molecule has 1 aromatic carbocycles. The molecule has 3 rings (SSSR count). The van der Waals surface area contributed by atoms with Crippen molar-refractivity contribution in [1.29, 1.82) is 0 Å². The molecule has 1 aliphatic rings. The second kappa shape index (κ2) is 8.05. The standard InChI is InChI=1S/C20H25ClF2N2O2/c1-4-16-18(21)19(25(5-2)24-16)15-7-6-14(12-17(15)26-3)27-13-8-10-20(22,23)11-9-13/h6-7,12-13H,4-5,8-11H2,1-3H3. The highest BCUT2D eigenvalue weighted by atomic mass is 35.5. The van der Waals surface area contributed by atoms with Crippen LogP contribution in [0.3, 0.4) is 0 Å². The first-order chi connectivity index (χ1) is 12.9. The largest absolute Gasteiger partial charge is 0.496 e. The second-order valence-electron chi connectivity index (χ2n) is 6.81. The number of benzene rings is 1. The van der Waals surface area contributed by atoms with Crippen molar-refractivity contribution in [2.75, 3.05) is 7.11 Å². The molecule has 148 valence electrons. The molecule has 0 saturated heterocycles. The van der Waals surface area contributed by atoms with Gasteiger partial charge in [-0.2, -0.15) is 5.10 Å². The van der Waals surface area contributed by atoms with Gasteiger partial charge in [0, 0.05) is 31.0 Å². The Labute approximate surface area is 163 Å². The van der Waals surface area contributed by atoms with E-state index in [-0.39, 0.29) is 18.9 Å². The average molecular weight is 399 g/mol. The highest BCUT2D eigenvalue weighted by Crippen LogP contribution is 2.40. The molecule has 0 radical (unpaired) electrons. The van der Waals surface area contributed by atoms with Crippen LogP contribution >= 0.6 is 11.6 Å². The molecule has 0 amide bonds. The van der Waals surface area contributed by atoms with E-state index in [1.807, 2.05) is 30.7 Å². The summed E-state index contributed by atoms with van der Waals surface area (Å²) in [7, 11) is 1.59. The molecule has 0 unspecified atom stereocenters. The number of aromatic nitrogens is 2. The molecule has 1 fully saturated rings. The van der Waals surface area contributed by atoms with Crippen LogP contribution in [0.15, 0.2) is 18.2 Å². The molecule has 27 heavy (non-hydrogen) atoms. The molecule has 0 bridgehead atoms. The van der Waals surface area contributed by atoms with Gasteiger partial charge < -0.3 is 9.47 Å². The van der Waals surface area contributed by atoms with Crippen LogP contribution < -0.4 is 9.47 Å². The maximum absolute atomic E-state index is 13.3. The van der Waals surface area contributed by atoms with Crippen LogP contribution in [0, 0.1) is 0 Å². The number of alkyl halides is 2. The lowest BCUT2D eigenvalue weighted by molar-refractivity contribution is -0.0582. The number of hydrogen-bond acceptors (Lipinski definition) is 3. The van der Waals surface area contributed by atoms with Crippen LogP contribution in [0.5, 0.6) is 11.5 Å². The van der Waals surface area contributed by atoms with Crippen molar-refractivity contribution in [3.63, 3.8) is 0 Å². The fourth-order valence-electron chi connectivity index (χ4n) is 3.47. The zero-order chi connectivity index (χ0) is 19.6. The van der Waals surface area contributed by atoms with Gasteiger partial charge in [-0.3, -0.25) is 4.68 Å². The molecular weight excluding hydrogens is 374 g/mol. The van der Waals surface area contributed by atoms with Gasteiger partial charge in [0.15, 0.2) is 0 Å². The average Bonchev–Trinajstić information content (AvgIpc) is 2.99. The molecule has 1 aliphatic carbocycles. The summed E-state index contributed by atoms with van der Waals surface area (Å²) in [5.74, 6) is -1.33. The Bertz CT molecular complexity index is 798. The number of ether oxygens (including phenoxy) is 2. The maximum Gasteiger partial charge on any atom is 0.248 e. The highest BCUT2D eigenvalue weighted by Gasteiger charge is 2.35. The van der Waals surface area contributed by atoms with E-state index in [0.29, 0.717) is 35.9 Å². The predicted molar refractivity (Wildman–Crippen MR) is 102 cm³/mol. The number of hydrogen-bond donors (Lipinski definition) is 0. The molecule has 1 aromatic heterocycles. The van der Waals surface area contributed by atoms with Crippen molar-refractivity contribution < 1.29 is 18.3 Å². The van der Waals surface area contributed by atoms with Gasteiger partial charge >= 0.3 is 0 Å². The third kappa shape index (κ3) is 4.21. The van der Waals surface area contributed by atoms with Gasteiger partial charge in [0.1, 0.15) is 11.5 Å². The van der Waals surface area contributed by atoms with E-state index in [9.17, 15) is 8.78 Å². The Kier molecular flexibility index (Phi) is 5.94. The molecule has 0 atom stereocenters. The van der Waals surface area contributed by atoms with E-state index in [0.717, 1.165) is 23.4 Å². The quantitative estimate of drug-likeness (QED) is 0.621. The van der Waals surface area contributed by atoms with Crippen LogP contribution in [0.1, 0.15) is 45.2 Å². The molecule has 1 heterocycles. The van der Waals surface area contributed by atoms with Crippen LogP contribution in [0.2, 0.25) is 5.02 Å². The minimum atomic E-state index is -2.56. The Balaban J connectivity index is 1.86. The SMILES string of the molecule is CCc1nn(CC)c(-c2ccc(OC3CCC(F)(F)CC3)cc2OC)c1Cl. The summed E-state index contributed by atoms with van der Waals surface area (Å²) in [4.78, 5) is 0. The lowest BCUT2D eigenvalue weighted by Crippen LogP contribution is -2.30. The van der Waals surface area contributed by atoms with Gasteiger partial charge in [0.25, 0.3) is 0 Å². The number of methoxy groups -OCH3 is 1. The van der Waals surface area contributed by atoms with Crippen LogP contribution in [0.4, 0.5) is 8.78 Å². The molecule has 0 aliphatic heterocycles. The summed E-state index contributed by atoms with van der Waals surface area (Å²) < 4.78 is 40.0. The molecule has 7 heteroatoms. The zero-order valence-corrected chi connectivity index (χ0v) is 16.7. The van der Waals surface area contributed by atoms with Crippen molar-refractivity contribution >= 4 is 11.6 Å². The van der Waals surface area contributed by atoms with E-state index in [1.54, 1.807) is 13.2 Å². The van der Waals surface area contributed by atoms with E-state index < -0.39 is 5.92 Å². The third-order valence-electron chi connectivity index (χ3n) is 4.99. The predicted octanol–water partition coefficient (Wildman–Crippen LogP) is 5.75. The fraction of sp³-hybridized carbons (Fsp3) is 0.550. The smallest absolute Gasteiger partial charge is 0.248 e. The Hall–Kier alpha value is -1.82. The van der Waals surface area contributed by atoms with Crippen LogP contribution in [-0.4, -0.2) is 28.9 Å².